The Morgan fingerprint density at radius 2 is 1.86 bits per heavy atom. The van der Waals surface area contributed by atoms with Crippen LogP contribution < -0.4 is 4.74 Å². The highest BCUT2D eigenvalue weighted by molar-refractivity contribution is 7.99. The van der Waals surface area contributed by atoms with E-state index in [4.69, 9.17) is 4.74 Å². The molecule has 0 bridgehead atoms. The number of ether oxygens (including phenoxy) is 1. The van der Waals surface area contributed by atoms with E-state index in [-0.39, 0.29) is 23.6 Å². The van der Waals surface area contributed by atoms with Crippen LogP contribution in [0, 0.1) is 0 Å². The summed E-state index contributed by atoms with van der Waals surface area (Å²) in [5, 5.41) is 9.52. The second-order valence-corrected chi connectivity index (χ2v) is 9.47. The van der Waals surface area contributed by atoms with Gasteiger partial charge in [-0.25, -0.2) is 0 Å². The van der Waals surface area contributed by atoms with Gasteiger partial charge in [0.25, 0.3) is 0 Å². The van der Waals surface area contributed by atoms with E-state index in [9.17, 15) is 9.59 Å². The Bertz CT molecular complexity index is 1170. The molecule has 3 aromatic rings. The quantitative estimate of drug-likeness (QED) is 0.443. The van der Waals surface area contributed by atoms with Gasteiger partial charge in [0.1, 0.15) is 5.75 Å². The summed E-state index contributed by atoms with van der Waals surface area (Å²) in [6.45, 7) is 5.70. The Hall–Kier alpha value is -3.33. The Kier molecular flexibility index (Phi) is 8.07. The van der Waals surface area contributed by atoms with Crippen LogP contribution in [0.15, 0.2) is 59.8 Å². The lowest BCUT2D eigenvalue weighted by Crippen LogP contribution is -2.55. The van der Waals surface area contributed by atoms with Crippen LogP contribution in [0.2, 0.25) is 0 Å². The number of thioether (sulfide) groups is 1. The molecule has 1 saturated heterocycles. The first kappa shape index (κ1) is 24.8. The lowest BCUT2D eigenvalue weighted by atomic mass is 10.1. The molecule has 0 aliphatic carbocycles. The molecule has 1 aliphatic heterocycles. The highest BCUT2D eigenvalue weighted by Gasteiger charge is 2.29. The van der Waals surface area contributed by atoms with Crippen molar-refractivity contribution in [2.75, 3.05) is 32.5 Å². The van der Waals surface area contributed by atoms with Gasteiger partial charge >= 0.3 is 0 Å². The zero-order chi connectivity index (χ0) is 24.8. The summed E-state index contributed by atoms with van der Waals surface area (Å²) in [5.41, 5.74) is 1.79. The van der Waals surface area contributed by atoms with Gasteiger partial charge in [-0.15, -0.1) is 10.2 Å². The first-order chi connectivity index (χ1) is 17.0. The Morgan fingerprint density at radius 3 is 2.57 bits per heavy atom. The molecule has 1 unspecified atom stereocenters. The number of aromatic nitrogens is 3. The van der Waals surface area contributed by atoms with Gasteiger partial charge in [-0.3, -0.25) is 14.2 Å². The van der Waals surface area contributed by atoms with Crippen LogP contribution >= 0.6 is 11.8 Å². The summed E-state index contributed by atoms with van der Waals surface area (Å²) < 4.78 is 7.35. The number of hydrogen-bond donors (Lipinski definition) is 0. The maximum absolute atomic E-state index is 13.1. The van der Waals surface area contributed by atoms with E-state index in [1.54, 1.807) is 7.11 Å². The zero-order valence-corrected chi connectivity index (χ0v) is 21.2. The summed E-state index contributed by atoms with van der Waals surface area (Å²) in [6.07, 6.45) is 1.39. The van der Waals surface area contributed by atoms with Crippen LogP contribution in [0.5, 0.6) is 5.75 Å². The number of piperazine rings is 1. The van der Waals surface area contributed by atoms with Crippen LogP contribution in [0.25, 0.3) is 17.1 Å². The van der Waals surface area contributed by atoms with E-state index in [2.05, 4.69) is 10.2 Å². The Labute approximate surface area is 210 Å². The monoisotopic (exact) mass is 493 g/mol. The van der Waals surface area contributed by atoms with Gasteiger partial charge in [-0.05, 0) is 37.6 Å². The largest absolute Gasteiger partial charge is 0.497 e. The SMILES string of the molecule is CCCC(=O)N1CCN(C(=O)CSc2nnc(-c3cccc(OC)c3)n2-c2ccccc2)CC1C. The number of amides is 2. The van der Waals surface area contributed by atoms with Gasteiger partial charge in [0.15, 0.2) is 11.0 Å². The van der Waals surface area contributed by atoms with E-state index in [1.807, 2.05) is 82.8 Å². The van der Waals surface area contributed by atoms with Gasteiger partial charge in [0.05, 0.1) is 12.9 Å². The fourth-order valence-electron chi connectivity index (χ4n) is 4.25. The molecule has 1 aromatic heterocycles. The third-order valence-electron chi connectivity index (χ3n) is 6.06. The molecule has 35 heavy (non-hydrogen) atoms. The summed E-state index contributed by atoms with van der Waals surface area (Å²) in [5.74, 6) is 1.87. The van der Waals surface area contributed by atoms with E-state index >= 15 is 0 Å². The third-order valence-corrected chi connectivity index (χ3v) is 6.98. The smallest absolute Gasteiger partial charge is 0.233 e. The van der Waals surface area contributed by atoms with Crippen molar-refractivity contribution in [3.05, 3.63) is 54.6 Å². The number of hydrogen-bond acceptors (Lipinski definition) is 6. The topological polar surface area (TPSA) is 80.6 Å². The fraction of sp³-hybridized carbons (Fsp3) is 0.385. The number of carbonyl (C=O) groups excluding carboxylic acids is 2. The third kappa shape index (κ3) is 5.67. The second kappa shape index (κ2) is 11.4. The van der Waals surface area contributed by atoms with Gasteiger partial charge in [0, 0.05) is 43.3 Å². The molecule has 2 aromatic carbocycles. The fourth-order valence-corrected chi connectivity index (χ4v) is 5.11. The molecule has 8 nitrogen and oxygen atoms in total. The standard InChI is InChI=1S/C26H31N5O3S/c1-4-9-23(32)30-15-14-29(17-19(30)2)24(33)18-35-26-28-27-25(20-10-8-13-22(16-20)34-3)31(26)21-11-6-5-7-12-21/h5-8,10-13,16,19H,4,9,14-15,17-18H2,1-3H3. The van der Waals surface area contributed by atoms with Gasteiger partial charge in [-0.2, -0.15) is 0 Å². The van der Waals surface area contributed by atoms with Crippen LogP contribution in [-0.2, 0) is 9.59 Å². The summed E-state index contributed by atoms with van der Waals surface area (Å²) >= 11 is 1.37. The highest BCUT2D eigenvalue weighted by atomic mass is 32.2. The molecule has 184 valence electrons. The molecule has 2 amide bonds. The lowest BCUT2D eigenvalue weighted by molar-refractivity contribution is -0.141. The molecule has 2 heterocycles. The van der Waals surface area contributed by atoms with E-state index in [0.717, 1.165) is 23.4 Å². The van der Waals surface area contributed by atoms with Gasteiger partial charge in [-0.1, -0.05) is 49.0 Å². The molecular formula is C26H31N5O3S. The Balaban J connectivity index is 1.50. The second-order valence-electron chi connectivity index (χ2n) is 8.52. The van der Waals surface area contributed by atoms with Crippen molar-refractivity contribution >= 4 is 23.6 Å². The van der Waals surface area contributed by atoms with E-state index < -0.39 is 0 Å². The minimum Gasteiger partial charge on any atom is -0.497 e. The number of rotatable bonds is 8. The maximum Gasteiger partial charge on any atom is 0.233 e. The van der Waals surface area contributed by atoms with Gasteiger partial charge in [0.2, 0.25) is 11.8 Å². The van der Waals surface area contributed by atoms with Crippen molar-refractivity contribution in [1.29, 1.82) is 0 Å². The van der Waals surface area contributed by atoms with Crippen LogP contribution in [0.1, 0.15) is 26.7 Å². The van der Waals surface area contributed by atoms with Crippen molar-refractivity contribution in [1.82, 2.24) is 24.6 Å². The lowest BCUT2D eigenvalue weighted by Gasteiger charge is -2.40. The molecule has 1 atom stereocenters. The number of carbonyl (C=O) groups is 2. The van der Waals surface area contributed by atoms with Crippen LogP contribution in [0.3, 0.4) is 0 Å². The summed E-state index contributed by atoms with van der Waals surface area (Å²) in [4.78, 5) is 29.1. The van der Waals surface area contributed by atoms with E-state index in [1.165, 1.54) is 11.8 Å². The minimum atomic E-state index is 0.0179. The van der Waals surface area contributed by atoms with E-state index in [0.29, 0.717) is 37.0 Å². The number of para-hydroxylation sites is 1. The maximum atomic E-state index is 13.1. The van der Waals surface area contributed by atoms with Crippen molar-refractivity contribution in [2.24, 2.45) is 0 Å². The molecule has 0 N–H and O–H groups in total. The average Bonchev–Trinajstić information content (AvgIpc) is 3.32. The first-order valence-electron chi connectivity index (χ1n) is 11.9. The van der Waals surface area contributed by atoms with Crippen molar-refractivity contribution in [3.8, 4) is 22.8 Å². The molecular weight excluding hydrogens is 462 g/mol. The molecule has 0 radical (unpaired) electrons. The molecule has 4 rings (SSSR count). The molecule has 1 aliphatic rings. The zero-order valence-electron chi connectivity index (χ0n) is 20.4. The predicted octanol–water partition coefficient (Wildman–Crippen LogP) is 3.89. The number of nitrogens with zero attached hydrogens (tertiary/aromatic N) is 5. The van der Waals surface area contributed by atoms with Gasteiger partial charge < -0.3 is 14.5 Å². The first-order valence-corrected chi connectivity index (χ1v) is 12.9. The van der Waals surface area contributed by atoms with Crippen molar-refractivity contribution in [3.63, 3.8) is 0 Å². The number of benzene rings is 2. The predicted molar refractivity (Wildman–Crippen MR) is 137 cm³/mol. The summed E-state index contributed by atoms with van der Waals surface area (Å²) in [7, 11) is 1.63. The molecule has 1 fully saturated rings. The minimum absolute atomic E-state index is 0.0179. The molecule has 9 heteroatoms. The van der Waals surface area contributed by atoms with Crippen LogP contribution in [0.4, 0.5) is 0 Å². The average molecular weight is 494 g/mol. The molecule has 0 saturated carbocycles. The highest BCUT2D eigenvalue weighted by Crippen LogP contribution is 2.30. The van der Waals surface area contributed by atoms with Crippen molar-refractivity contribution in [2.45, 2.75) is 37.9 Å². The normalized spacial score (nSPS) is 15.8. The van der Waals surface area contributed by atoms with Crippen LogP contribution in [-0.4, -0.2) is 74.9 Å². The molecule has 0 spiro atoms. The summed E-state index contributed by atoms with van der Waals surface area (Å²) in [6, 6.07) is 17.6. The van der Waals surface area contributed by atoms with Crippen molar-refractivity contribution < 1.29 is 14.3 Å². The Morgan fingerprint density at radius 1 is 1.06 bits per heavy atom. The number of methoxy groups -OCH3 is 1.